The maximum Gasteiger partial charge on any atom is 0.0970 e. The minimum Gasteiger partial charge on any atom is -0.385 e. The SMILES string of the molecule is CC(O)(Cc1nc2ccccc2s1)c1ccc(Br)cc1. The minimum absolute atomic E-state index is 0.522. The summed E-state index contributed by atoms with van der Waals surface area (Å²) >= 11 is 5.05. The van der Waals surface area contributed by atoms with Crippen molar-refractivity contribution >= 4 is 37.5 Å². The molecular formula is C16H14BrNOS. The van der Waals surface area contributed by atoms with Gasteiger partial charge in [0.1, 0.15) is 0 Å². The number of para-hydroxylation sites is 1. The van der Waals surface area contributed by atoms with Gasteiger partial charge in [-0.05, 0) is 36.8 Å². The van der Waals surface area contributed by atoms with E-state index in [1.807, 2.05) is 49.4 Å². The second-order valence-corrected chi connectivity index (χ2v) is 7.06. The molecule has 0 spiro atoms. The highest BCUT2D eigenvalue weighted by molar-refractivity contribution is 9.10. The Kier molecular flexibility index (Phi) is 3.63. The molecule has 1 unspecified atom stereocenters. The third kappa shape index (κ3) is 2.77. The summed E-state index contributed by atoms with van der Waals surface area (Å²) in [5.41, 5.74) is 0.994. The van der Waals surface area contributed by atoms with E-state index in [1.165, 1.54) is 0 Å². The van der Waals surface area contributed by atoms with Crippen LogP contribution in [0.2, 0.25) is 0 Å². The molecule has 2 aromatic carbocycles. The van der Waals surface area contributed by atoms with Gasteiger partial charge in [0.05, 0.1) is 20.8 Å². The molecule has 102 valence electrons. The van der Waals surface area contributed by atoms with Gasteiger partial charge in [0.15, 0.2) is 0 Å². The molecule has 3 rings (SSSR count). The van der Waals surface area contributed by atoms with Crippen molar-refractivity contribution in [2.24, 2.45) is 0 Å². The lowest BCUT2D eigenvalue weighted by atomic mass is 9.93. The Morgan fingerprint density at radius 2 is 1.85 bits per heavy atom. The number of rotatable bonds is 3. The van der Waals surface area contributed by atoms with Crippen LogP contribution in [-0.2, 0) is 12.0 Å². The molecule has 0 radical (unpaired) electrons. The molecule has 2 nitrogen and oxygen atoms in total. The average molecular weight is 348 g/mol. The molecule has 0 bridgehead atoms. The van der Waals surface area contributed by atoms with Gasteiger partial charge in [0, 0.05) is 10.9 Å². The Labute approximate surface area is 130 Å². The van der Waals surface area contributed by atoms with Gasteiger partial charge in [-0.3, -0.25) is 0 Å². The highest BCUT2D eigenvalue weighted by Crippen LogP contribution is 2.30. The highest BCUT2D eigenvalue weighted by atomic mass is 79.9. The summed E-state index contributed by atoms with van der Waals surface area (Å²) < 4.78 is 2.17. The third-order valence-corrected chi connectivity index (χ3v) is 4.86. The molecule has 3 aromatic rings. The molecule has 4 heteroatoms. The van der Waals surface area contributed by atoms with Crippen LogP contribution in [-0.4, -0.2) is 10.1 Å². The van der Waals surface area contributed by atoms with Crippen molar-refractivity contribution in [3.05, 3.63) is 63.6 Å². The number of fused-ring (bicyclic) bond motifs is 1. The van der Waals surface area contributed by atoms with Crippen molar-refractivity contribution in [2.75, 3.05) is 0 Å². The lowest BCUT2D eigenvalue weighted by Gasteiger charge is -2.22. The number of nitrogens with zero attached hydrogens (tertiary/aromatic N) is 1. The Morgan fingerprint density at radius 1 is 1.15 bits per heavy atom. The molecule has 0 fully saturated rings. The van der Waals surface area contributed by atoms with E-state index in [-0.39, 0.29) is 0 Å². The standard InChI is InChI=1S/C16H14BrNOS/c1-16(19,11-6-8-12(17)9-7-11)10-15-18-13-4-2-3-5-14(13)20-15/h2-9,19H,10H2,1H3. The summed E-state index contributed by atoms with van der Waals surface area (Å²) in [6.07, 6.45) is 0.522. The fraction of sp³-hybridized carbons (Fsp3) is 0.188. The van der Waals surface area contributed by atoms with Gasteiger partial charge in [-0.25, -0.2) is 4.98 Å². The molecule has 1 atom stereocenters. The van der Waals surface area contributed by atoms with Gasteiger partial charge < -0.3 is 5.11 Å². The summed E-state index contributed by atoms with van der Waals surface area (Å²) in [5, 5.41) is 11.7. The first-order chi connectivity index (χ1) is 9.54. The van der Waals surface area contributed by atoms with Crippen LogP contribution in [0.5, 0.6) is 0 Å². The summed E-state index contributed by atoms with van der Waals surface area (Å²) in [6.45, 7) is 1.84. The average Bonchev–Trinajstić information content (AvgIpc) is 2.80. The second kappa shape index (κ2) is 5.28. The number of aliphatic hydroxyl groups is 1. The largest absolute Gasteiger partial charge is 0.385 e. The van der Waals surface area contributed by atoms with Crippen LogP contribution in [0.3, 0.4) is 0 Å². The Bertz CT molecular complexity index is 701. The first-order valence-corrected chi connectivity index (χ1v) is 7.98. The molecule has 1 heterocycles. The number of thiazole rings is 1. The van der Waals surface area contributed by atoms with E-state index in [0.29, 0.717) is 6.42 Å². The van der Waals surface area contributed by atoms with Crippen molar-refractivity contribution in [1.29, 1.82) is 0 Å². The lowest BCUT2D eigenvalue weighted by Crippen LogP contribution is -2.24. The van der Waals surface area contributed by atoms with Crippen molar-refractivity contribution in [3.63, 3.8) is 0 Å². The molecule has 0 aliphatic carbocycles. The predicted octanol–water partition coefficient (Wildman–Crippen LogP) is 4.51. The molecule has 0 aliphatic heterocycles. The first kappa shape index (κ1) is 13.7. The highest BCUT2D eigenvalue weighted by Gasteiger charge is 2.25. The van der Waals surface area contributed by atoms with E-state index in [0.717, 1.165) is 25.3 Å². The fourth-order valence-electron chi connectivity index (χ4n) is 2.20. The summed E-state index contributed by atoms with van der Waals surface area (Å²) in [7, 11) is 0. The minimum atomic E-state index is -0.908. The maximum atomic E-state index is 10.7. The van der Waals surface area contributed by atoms with E-state index in [1.54, 1.807) is 11.3 Å². The second-order valence-electron chi connectivity index (χ2n) is 5.03. The van der Waals surface area contributed by atoms with Gasteiger partial charge in [-0.1, -0.05) is 40.2 Å². The van der Waals surface area contributed by atoms with Crippen LogP contribution < -0.4 is 0 Å². The van der Waals surface area contributed by atoms with Crippen LogP contribution in [0, 0.1) is 0 Å². The zero-order valence-electron chi connectivity index (χ0n) is 11.0. The van der Waals surface area contributed by atoms with Crippen LogP contribution in [0.1, 0.15) is 17.5 Å². The molecular weight excluding hydrogens is 334 g/mol. The summed E-state index contributed by atoms with van der Waals surface area (Å²) in [6, 6.07) is 15.8. The van der Waals surface area contributed by atoms with Gasteiger partial charge in [0.25, 0.3) is 0 Å². The molecule has 0 aliphatic rings. The third-order valence-electron chi connectivity index (χ3n) is 3.30. The number of aromatic nitrogens is 1. The topological polar surface area (TPSA) is 33.1 Å². The quantitative estimate of drug-likeness (QED) is 0.756. The summed E-state index contributed by atoms with van der Waals surface area (Å²) in [5.74, 6) is 0. The van der Waals surface area contributed by atoms with E-state index >= 15 is 0 Å². The van der Waals surface area contributed by atoms with Crippen molar-refractivity contribution in [3.8, 4) is 0 Å². The maximum absolute atomic E-state index is 10.7. The molecule has 0 saturated heterocycles. The van der Waals surface area contributed by atoms with Crippen LogP contribution >= 0.6 is 27.3 Å². The normalized spacial score (nSPS) is 14.3. The van der Waals surface area contributed by atoms with E-state index in [2.05, 4.69) is 27.0 Å². The van der Waals surface area contributed by atoms with Crippen molar-refractivity contribution < 1.29 is 5.11 Å². The predicted molar refractivity (Wildman–Crippen MR) is 87.0 cm³/mol. The van der Waals surface area contributed by atoms with Gasteiger partial charge >= 0.3 is 0 Å². The first-order valence-electron chi connectivity index (χ1n) is 6.37. The molecule has 1 aromatic heterocycles. The number of halogens is 1. The van der Waals surface area contributed by atoms with Gasteiger partial charge in [-0.2, -0.15) is 0 Å². The van der Waals surface area contributed by atoms with Crippen molar-refractivity contribution in [1.82, 2.24) is 4.98 Å². The monoisotopic (exact) mass is 347 g/mol. The fourth-order valence-corrected chi connectivity index (χ4v) is 3.58. The molecule has 0 amide bonds. The lowest BCUT2D eigenvalue weighted by molar-refractivity contribution is 0.0576. The van der Waals surface area contributed by atoms with Gasteiger partial charge in [-0.15, -0.1) is 11.3 Å². The number of hydrogen-bond acceptors (Lipinski definition) is 3. The molecule has 0 saturated carbocycles. The smallest absolute Gasteiger partial charge is 0.0970 e. The van der Waals surface area contributed by atoms with Crippen molar-refractivity contribution in [2.45, 2.75) is 18.9 Å². The molecule has 1 N–H and O–H groups in total. The van der Waals surface area contributed by atoms with Crippen LogP contribution in [0.25, 0.3) is 10.2 Å². The summed E-state index contributed by atoms with van der Waals surface area (Å²) in [4.78, 5) is 4.59. The van der Waals surface area contributed by atoms with E-state index in [4.69, 9.17) is 0 Å². The van der Waals surface area contributed by atoms with Crippen LogP contribution in [0.15, 0.2) is 53.0 Å². The number of benzene rings is 2. The van der Waals surface area contributed by atoms with E-state index in [9.17, 15) is 5.11 Å². The van der Waals surface area contributed by atoms with E-state index < -0.39 is 5.60 Å². The Balaban J connectivity index is 1.90. The Morgan fingerprint density at radius 3 is 2.55 bits per heavy atom. The zero-order chi connectivity index (χ0) is 14.2. The van der Waals surface area contributed by atoms with Crippen LogP contribution in [0.4, 0.5) is 0 Å². The molecule has 20 heavy (non-hydrogen) atoms. The van der Waals surface area contributed by atoms with Gasteiger partial charge in [0.2, 0.25) is 0 Å². The zero-order valence-corrected chi connectivity index (χ0v) is 13.4. The Hall–Kier alpha value is -1.23. The number of hydrogen-bond donors (Lipinski definition) is 1.